The van der Waals surface area contributed by atoms with Gasteiger partial charge in [-0.2, -0.15) is 4.31 Å². The molecule has 1 aromatic heterocycles. The molecule has 168 valence electrons. The van der Waals surface area contributed by atoms with E-state index in [1.165, 1.54) is 16.4 Å². The molecule has 0 unspecified atom stereocenters. The molecule has 1 fully saturated rings. The Balaban J connectivity index is 1.62. The topological polar surface area (TPSA) is 85.8 Å². The van der Waals surface area contributed by atoms with E-state index in [0.29, 0.717) is 25.2 Å². The second kappa shape index (κ2) is 10.2. The van der Waals surface area contributed by atoms with Gasteiger partial charge in [-0.25, -0.2) is 13.4 Å². The van der Waals surface area contributed by atoms with Crippen molar-refractivity contribution in [3.8, 4) is 0 Å². The number of carbonyl (C=O) groups excluding carboxylic acids is 1. The number of hydrogen-bond acceptors (Lipinski definition) is 6. The quantitative estimate of drug-likeness (QED) is 0.667. The zero-order valence-electron chi connectivity index (χ0n) is 18.4. The third kappa shape index (κ3) is 5.61. The maximum Gasteiger partial charge on any atom is 0.251 e. The van der Waals surface area contributed by atoms with Gasteiger partial charge >= 0.3 is 0 Å². The van der Waals surface area contributed by atoms with E-state index in [2.05, 4.69) is 27.1 Å². The highest BCUT2D eigenvalue weighted by Crippen LogP contribution is 2.17. The number of carbonyl (C=O) groups is 1. The highest BCUT2D eigenvalue weighted by atomic mass is 32.2. The number of hydrogen-bond donors (Lipinski definition) is 1. The number of aromatic nitrogens is 1. The lowest BCUT2D eigenvalue weighted by molar-refractivity contribution is 0.0950. The van der Waals surface area contributed by atoms with E-state index in [-0.39, 0.29) is 10.8 Å². The fraction of sp³-hybridized carbons (Fsp3) is 0.455. The third-order valence-electron chi connectivity index (χ3n) is 5.53. The SMILES string of the molecule is CCN(CC)S(=O)(=O)c1cccc(C(=O)NCc2ccc(N3CCN(C)CC3)nc2)c1. The Hall–Kier alpha value is -2.49. The monoisotopic (exact) mass is 445 g/mol. The summed E-state index contributed by atoms with van der Waals surface area (Å²) in [5.74, 6) is 0.622. The molecule has 0 aliphatic carbocycles. The van der Waals surface area contributed by atoms with Gasteiger partial charge in [0.05, 0.1) is 4.90 Å². The summed E-state index contributed by atoms with van der Waals surface area (Å²) in [6.45, 7) is 8.60. The van der Waals surface area contributed by atoms with Gasteiger partial charge in [-0.05, 0) is 36.9 Å². The number of amides is 1. The van der Waals surface area contributed by atoms with Crippen LogP contribution in [0.15, 0.2) is 47.5 Å². The van der Waals surface area contributed by atoms with Crippen LogP contribution in [0, 0.1) is 0 Å². The number of likely N-dealkylation sites (N-methyl/N-ethyl adjacent to an activating group) is 1. The van der Waals surface area contributed by atoms with Crippen LogP contribution < -0.4 is 10.2 Å². The second-order valence-corrected chi connectivity index (χ2v) is 9.55. The van der Waals surface area contributed by atoms with Crippen molar-refractivity contribution in [2.75, 3.05) is 51.2 Å². The Labute approximate surface area is 184 Å². The van der Waals surface area contributed by atoms with E-state index in [4.69, 9.17) is 0 Å². The average molecular weight is 446 g/mol. The Bertz CT molecular complexity index is 982. The van der Waals surface area contributed by atoms with Crippen LogP contribution in [0.4, 0.5) is 5.82 Å². The molecule has 0 spiro atoms. The van der Waals surface area contributed by atoms with Gasteiger partial charge < -0.3 is 15.1 Å². The summed E-state index contributed by atoms with van der Waals surface area (Å²) in [7, 11) is -1.49. The molecule has 31 heavy (non-hydrogen) atoms. The van der Waals surface area contributed by atoms with Crippen LogP contribution in [0.1, 0.15) is 29.8 Å². The summed E-state index contributed by atoms with van der Waals surface area (Å²) in [6, 6.07) is 10.1. The number of anilines is 1. The highest BCUT2D eigenvalue weighted by Gasteiger charge is 2.22. The van der Waals surface area contributed by atoms with Gasteiger partial charge in [0.1, 0.15) is 5.82 Å². The molecule has 9 heteroatoms. The molecule has 0 bridgehead atoms. The molecule has 1 saturated heterocycles. The first kappa shape index (κ1) is 23.2. The van der Waals surface area contributed by atoms with Crippen LogP contribution in [0.25, 0.3) is 0 Å². The molecule has 1 N–H and O–H groups in total. The summed E-state index contributed by atoms with van der Waals surface area (Å²) >= 11 is 0. The molecule has 1 aromatic carbocycles. The summed E-state index contributed by atoms with van der Waals surface area (Å²) in [6.07, 6.45) is 1.77. The van der Waals surface area contributed by atoms with Gasteiger partial charge in [0.25, 0.3) is 5.91 Å². The van der Waals surface area contributed by atoms with Crippen molar-refractivity contribution in [2.45, 2.75) is 25.3 Å². The summed E-state index contributed by atoms with van der Waals surface area (Å²) in [4.78, 5) is 21.8. The predicted octanol–water partition coefficient (Wildman–Crippen LogP) is 1.79. The molecule has 1 amide bonds. The molecule has 0 radical (unpaired) electrons. The van der Waals surface area contributed by atoms with Crippen molar-refractivity contribution in [1.82, 2.24) is 19.5 Å². The number of pyridine rings is 1. The standard InChI is InChI=1S/C22H31N5O3S/c1-4-27(5-2)31(29,30)20-8-6-7-19(15-20)22(28)24-17-18-9-10-21(23-16-18)26-13-11-25(3)12-14-26/h6-10,15-16H,4-5,11-14,17H2,1-3H3,(H,24,28). The molecular weight excluding hydrogens is 414 g/mol. The largest absolute Gasteiger partial charge is 0.354 e. The Morgan fingerprint density at radius 1 is 1.10 bits per heavy atom. The molecule has 3 rings (SSSR count). The van der Waals surface area contributed by atoms with Crippen LogP contribution in [-0.2, 0) is 16.6 Å². The van der Waals surface area contributed by atoms with Gasteiger partial charge in [-0.3, -0.25) is 4.79 Å². The maximum absolute atomic E-state index is 12.7. The lowest BCUT2D eigenvalue weighted by Gasteiger charge is -2.33. The number of piperazine rings is 1. The molecule has 1 aliphatic heterocycles. The third-order valence-corrected chi connectivity index (χ3v) is 7.57. The van der Waals surface area contributed by atoms with Gasteiger partial charge in [0.2, 0.25) is 10.0 Å². The lowest BCUT2D eigenvalue weighted by Crippen LogP contribution is -2.44. The Morgan fingerprint density at radius 3 is 2.42 bits per heavy atom. The lowest BCUT2D eigenvalue weighted by atomic mass is 10.2. The summed E-state index contributed by atoms with van der Waals surface area (Å²) in [5, 5.41) is 2.85. The molecular formula is C22H31N5O3S. The van der Waals surface area contributed by atoms with Crippen LogP contribution in [0.5, 0.6) is 0 Å². The van der Waals surface area contributed by atoms with E-state index in [1.54, 1.807) is 32.2 Å². The van der Waals surface area contributed by atoms with Crippen molar-refractivity contribution in [2.24, 2.45) is 0 Å². The number of benzene rings is 1. The first-order valence-electron chi connectivity index (χ1n) is 10.6. The van der Waals surface area contributed by atoms with Crippen LogP contribution >= 0.6 is 0 Å². The van der Waals surface area contributed by atoms with Crippen LogP contribution in [0.2, 0.25) is 0 Å². The van der Waals surface area contributed by atoms with Crippen molar-refractivity contribution < 1.29 is 13.2 Å². The van der Waals surface area contributed by atoms with E-state index in [0.717, 1.165) is 37.6 Å². The Morgan fingerprint density at radius 2 is 1.81 bits per heavy atom. The van der Waals surface area contributed by atoms with E-state index >= 15 is 0 Å². The zero-order valence-corrected chi connectivity index (χ0v) is 19.2. The van der Waals surface area contributed by atoms with Crippen molar-refractivity contribution >= 4 is 21.7 Å². The molecule has 2 aromatic rings. The number of sulfonamides is 1. The summed E-state index contributed by atoms with van der Waals surface area (Å²) in [5.41, 5.74) is 1.20. The second-order valence-electron chi connectivity index (χ2n) is 7.61. The smallest absolute Gasteiger partial charge is 0.251 e. The van der Waals surface area contributed by atoms with Crippen molar-refractivity contribution in [1.29, 1.82) is 0 Å². The molecule has 2 heterocycles. The fourth-order valence-electron chi connectivity index (χ4n) is 3.54. The minimum atomic E-state index is -3.61. The van der Waals surface area contributed by atoms with Gasteiger partial charge in [0, 0.05) is 57.6 Å². The zero-order chi connectivity index (χ0) is 22.4. The number of rotatable bonds is 8. The van der Waals surface area contributed by atoms with E-state index in [9.17, 15) is 13.2 Å². The normalized spacial score (nSPS) is 15.3. The molecule has 0 atom stereocenters. The number of nitrogens with one attached hydrogen (secondary N) is 1. The first-order valence-corrected chi connectivity index (χ1v) is 12.1. The van der Waals surface area contributed by atoms with Crippen LogP contribution in [0.3, 0.4) is 0 Å². The van der Waals surface area contributed by atoms with Crippen molar-refractivity contribution in [3.05, 3.63) is 53.7 Å². The predicted molar refractivity (Wildman–Crippen MR) is 122 cm³/mol. The minimum absolute atomic E-state index is 0.127. The average Bonchev–Trinajstić information content (AvgIpc) is 2.79. The van der Waals surface area contributed by atoms with E-state index in [1.807, 2.05) is 12.1 Å². The molecule has 8 nitrogen and oxygen atoms in total. The first-order chi connectivity index (χ1) is 14.8. The fourth-order valence-corrected chi connectivity index (χ4v) is 5.04. The Kier molecular flexibility index (Phi) is 7.64. The van der Waals surface area contributed by atoms with Crippen molar-refractivity contribution in [3.63, 3.8) is 0 Å². The minimum Gasteiger partial charge on any atom is -0.354 e. The van der Waals surface area contributed by atoms with Gasteiger partial charge in [-0.1, -0.05) is 26.0 Å². The molecule has 1 aliphatic rings. The number of nitrogens with zero attached hydrogens (tertiary/aromatic N) is 4. The van der Waals surface area contributed by atoms with Crippen LogP contribution in [-0.4, -0.2) is 74.8 Å². The maximum atomic E-state index is 12.7. The van der Waals surface area contributed by atoms with Gasteiger partial charge in [0.15, 0.2) is 0 Å². The highest BCUT2D eigenvalue weighted by molar-refractivity contribution is 7.89. The molecule has 0 saturated carbocycles. The van der Waals surface area contributed by atoms with Gasteiger partial charge in [-0.15, -0.1) is 0 Å². The van der Waals surface area contributed by atoms with E-state index < -0.39 is 10.0 Å². The summed E-state index contributed by atoms with van der Waals surface area (Å²) < 4.78 is 26.8.